The Morgan fingerprint density at radius 2 is 1.96 bits per heavy atom. The van der Waals surface area contributed by atoms with E-state index in [1.807, 2.05) is 61.5 Å². The molecule has 0 aliphatic heterocycles. The van der Waals surface area contributed by atoms with Gasteiger partial charge in [0.05, 0.1) is 18.5 Å². The van der Waals surface area contributed by atoms with E-state index in [4.69, 9.17) is 4.42 Å². The maximum atomic E-state index is 12.5. The average Bonchev–Trinajstić information content (AvgIpc) is 3.29. The highest BCUT2D eigenvalue weighted by Gasteiger charge is 2.13. The summed E-state index contributed by atoms with van der Waals surface area (Å²) in [7, 11) is 0. The van der Waals surface area contributed by atoms with Gasteiger partial charge in [-0.1, -0.05) is 30.3 Å². The lowest BCUT2D eigenvalue weighted by molar-refractivity contribution is 0.0951. The van der Waals surface area contributed by atoms with Gasteiger partial charge in [0, 0.05) is 10.4 Å². The van der Waals surface area contributed by atoms with E-state index in [0.717, 1.165) is 32.1 Å². The van der Waals surface area contributed by atoms with Crippen LogP contribution < -0.4 is 5.32 Å². The fraction of sp³-hybridized carbons (Fsp3) is 0.100. The maximum Gasteiger partial charge on any atom is 0.251 e. The van der Waals surface area contributed by atoms with E-state index in [9.17, 15) is 4.79 Å². The van der Waals surface area contributed by atoms with Crippen LogP contribution in [0.3, 0.4) is 0 Å². The maximum absolute atomic E-state index is 12.5. The Hall–Kier alpha value is -2.92. The third-order valence-corrected chi connectivity index (χ3v) is 5.22. The molecule has 5 heteroatoms. The van der Waals surface area contributed by atoms with E-state index in [1.165, 1.54) is 11.3 Å². The largest absolute Gasteiger partial charge is 0.462 e. The van der Waals surface area contributed by atoms with Gasteiger partial charge in [-0.05, 0) is 42.0 Å². The molecule has 1 amide bonds. The summed E-state index contributed by atoms with van der Waals surface area (Å²) in [6.07, 6.45) is 1.63. The van der Waals surface area contributed by atoms with Gasteiger partial charge >= 0.3 is 0 Å². The number of aryl methyl sites for hydroxylation is 1. The van der Waals surface area contributed by atoms with E-state index >= 15 is 0 Å². The molecular weight excluding hydrogens is 332 g/mol. The van der Waals surface area contributed by atoms with Crippen LogP contribution in [0.5, 0.6) is 0 Å². The number of hydrogen-bond donors (Lipinski definition) is 1. The van der Waals surface area contributed by atoms with Crippen molar-refractivity contribution in [2.24, 2.45) is 0 Å². The zero-order chi connectivity index (χ0) is 17.2. The predicted molar refractivity (Wildman–Crippen MR) is 99.7 cm³/mol. The number of fused-ring (bicyclic) bond motifs is 1. The number of benzene rings is 2. The minimum Gasteiger partial charge on any atom is -0.462 e. The van der Waals surface area contributed by atoms with Crippen molar-refractivity contribution in [3.63, 3.8) is 0 Å². The van der Waals surface area contributed by atoms with Crippen LogP contribution in [0.1, 0.15) is 20.9 Å². The van der Waals surface area contributed by atoms with E-state index in [2.05, 4.69) is 10.3 Å². The molecule has 0 fully saturated rings. The Labute approximate surface area is 149 Å². The summed E-state index contributed by atoms with van der Waals surface area (Å²) in [6.45, 7) is 2.40. The van der Waals surface area contributed by atoms with E-state index in [0.29, 0.717) is 12.1 Å². The molecule has 124 valence electrons. The molecule has 1 N–H and O–H groups in total. The van der Waals surface area contributed by atoms with Gasteiger partial charge in [0.2, 0.25) is 0 Å². The van der Waals surface area contributed by atoms with Crippen molar-refractivity contribution in [1.82, 2.24) is 10.3 Å². The Bertz CT molecular complexity index is 1030. The first-order valence-corrected chi connectivity index (χ1v) is 8.79. The summed E-state index contributed by atoms with van der Waals surface area (Å²) in [6, 6.07) is 17.5. The Kier molecular flexibility index (Phi) is 4.07. The van der Waals surface area contributed by atoms with Crippen LogP contribution in [0.15, 0.2) is 65.3 Å². The fourth-order valence-electron chi connectivity index (χ4n) is 2.69. The molecule has 0 saturated carbocycles. The molecule has 4 aromatic rings. The number of carbonyl (C=O) groups is 1. The SMILES string of the molecule is Cc1nc(-c2ccco2)sc1CNC(=O)c1ccc2ccccc2c1. The standard InChI is InChI=1S/C20H16N2O2S/c1-13-18(25-20(22-13)17-7-4-10-24-17)12-21-19(23)16-9-8-14-5-2-3-6-15(14)11-16/h2-11H,12H2,1H3,(H,21,23). The third kappa shape index (κ3) is 3.19. The summed E-state index contributed by atoms with van der Waals surface area (Å²) in [5.41, 5.74) is 1.57. The second-order valence-corrected chi connectivity index (χ2v) is 6.83. The zero-order valence-corrected chi connectivity index (χ0v) is 14.5. The molecular formula is C20H16N2O2S. The monoisotopic (exact) mass is 348 g/mol. The number of furan rings is 1. The van der Waals surface area contributed by atoms with Gasteiger partial charge in [0.25, 0.3) is 5.91 Å². The van der Waals surface area contributed by atoms with E-state index in [-0.39, 0.29) is 5.91 Å². The molecule has 0 aliphatic rings. The van der Waals surface area contributed by atoms with Gasteiger partial charge in [-0.2, -0.15) is 0 Å². The van der Waals surface area contributed by atoms with Gasteiger partial charge in [0.1, 0.15) is 0 Å². The minimum absolute atomic E-state index is 0.0851. The first-order chi connectivity index (χ1) is 12.2. The molecule has 25 heavy (non-hydrogen) atoms. The van der Waals surface area contributed by atoms with Crippen LogP contribution >= 0.6 is 11.3 Å². The number of carbonyl (C=O) groups excluding carboxylic acids is 1. The van der Waals surface area contributed by atoms with E-state index < -0.39 is 0 Å². The van der Waals surface area contributed by atoms with Crippen LogP contribution in [0.25, 0.3) is 21.5 Å². The van der Waals surface area contributed by atoms with Crippen molar-refractivity contribution in [2.75, 3.05) is 0 Å². The van der Waals surface area contributed by atoms with Crippen LogP contribution in [0.4, 0.5) is 0 Å². The number of nitrogens with zero attached hydrogens (tertiary/aromatic N) is 1. The molecule has 2 heterocycles. The summed E-state index contributed by atoms with van der Waals surface area (Å²) in [4.78, 5) is 18.0. The number of aromatic nitrogens is 1. The molecule has 2 aromatic carbocycles. The molecule has 2 aromatic heterocycles. The van der Waals surface area contributed by atoms with Crippen LogP contribution in [-0.4, -0.2) is 10.9 Å². The van der Waals surface area contributed by atoms with Crippen LogP contribution in [0, 0.1) is 6.92 Å². The number of hydrogen-bond acceptors (Lipinski definition) is 4. The number of amides is 1. The second kappa shape index (κ2) is 6.53. The minimum atomic E-state index is -0.0851. The smallest absolute Gasteiger partial charge is 0.251 e. The van der Waals surface area contributed by atoms with Crippen molar-refractivity contribution in [2.45, 2.75) is 13.5 Å². The highest BCUT2D eigenvalue weighted by Crippen LogP contribution is 2.28. The van der Waals surface area contributed by atoms with Crippen molar-refractivity contribution in [1.29, 1.82) is 0 Å². The van der Waals surface area contributed by atoms with Crippen molar-refractivity contribution in [3.8, 4) is 10.8 Å². The van der Waals surface area contributed by atoms with Crippen LogP contribution in [0.2, 0.25) is 0 Å². The lowest BCUT2D eigenvalue weighted by Crippen LogP contribution is -2.22. The number of rotatable bonds is 4. The third-order valence-electron chi connectivity index (χ3n) is 4.05. The lowest BCUT2D eigenvalue weighted by Gasteiger charge is -2.05. The van der Waals surface area contributed by atoms with Gasteiger partial charge in [-0.3, -0.25) is 4.79 Å². The first kappa shape index (κ1) is 15.6. The lowest BCUT2D eigenvalue weighted by atomic mass is 10.1. The molecule has 0 unspecified atom stereocenters. The quantitative estimate of drug-likeness (QED) is 0.577. The van der Waals surface area contributed by atoms with Gasteiger partial charge in [0.15, 0.2) is 10.8 Å². The number of thiazole rings is 1. The molecule has 4 rings (SSSR count). The molecule has 0 aliphatic carbocycles. The van der Waals surface area contributed by atoms with Crippen LogP contribution in [-0.2, 0) is 6.54 Å². The molecule has 0 bridgehead atoms. The average molecular weight is 348 g/mol. The van der Waals surface area contributed by atoms with E-state index in [1.54, 1.807) is 6.26 Å². The summed E-state index contributed by atoms with van der Waals surface area (Å²) < 4.78 is 5.38. The molecule has 0 saturated heterocycles. The molecule has 4 nitrogen and oxygen atoms in total. The van der Waals surface area contributed by atoms with Crippen molar-refractivity contribution in [3.05, 3.63) is 77.0 Å². The summed E-state index contributed by atoms with van der Waals surface area (Å²) >= 11 is 1.54. The Morgan fingerprint density at radius 1 is 1.12 bits per heavy atom. The highest BCUT2D eigenvalue weighted by molar-refractivity contribution is 7.15. The molecule has 0 atom stereocenters. The normalized spacial score (nSPS) is 10.9. The molecule has 0 spiro atoms. The van der Waals surface area contributed by atoms with Gasteiger partial charge in [-0.25, -0.2) is 4.98 Å². The van der Waals surface area contributed by atoms with Gasteiger partial charge < -0.3 is 9.73 Å². The molecule has 0 radical (unpaired) electrons. The van der Waals surface area contributed by atoms with Crippen molar-refractivity contribution < 1.29 is 9.21 Å². The summed E-state index contributed by atoms with van der Waals surface area (Å²) in [5.74, 6) is 0.665. The summed E-state index contributed by atoms with van der Waals surface area (Å²) in [5, 5.41) is 6.00. The van der Waals surface area contributed by atoms with Crippen molar-refractivity contribution >= 4 is 28.0 Å². The highest BCUT2D eigenvalue weighted by atomic mass is 32.1. The van der Waals surface area contributed by atoms with Gasteiger partial charge in [-0.15, -0.1) is 11.3 Å². The predicted octanol–water partition coefficient (Wildman–Crippen LogP) is 4.79. The second-order valence-electron chi connectivity index (χ2n) is 5.75. The first-order valence-electron chi connectivity index (χ1n) is 7.98. The Morgan fingerprint density at radius 3 is 2.76 bits per heavy atom. The number of nitrogens with one attached hydrogen (secondary N) is 1. The Balaban J connectivity index is 1.49. The topological polar surface area (TPSA) is 55.1 Å². The zero-order valence-electron chi connectivity index (χ0n) is 13.7. The fourth-order valence-corrected chi connectivity index (χ4v) is 3.66.